The molecule has 6 heteroatoms. The van der Waals surface area contributed by atoms with Crippen LogP contribution >= 0.6 is 0 Å². The molecule has 370 valence electrons. The number of hydrogen-bond donors (Lipinski definition) is 0. The third-order valence-electron chi connectivity index (χ3n) is 15.0. The number of alkyl halides is 3. The van der Waals surface area contributed by atoms with E-state index in [1.165, 1.54) is 34.4 Å². The van der Waals surface area contributed by atoms with Crippen LogP contribution in [0.2, 0.25) is 0 Å². The summed E-state index contributed by atoms with van der Waals surface area (Å²) < 4.78 is 50.2. The predicted octanol–water partition coefficient (Wildman–Crippen LogP) is 20.3. The molecule has 0 aliphatic rings. The number of halogens is 3. The van der Waals surface area contributed by atoms with Crippen LogP contribution in [0.3, 0.4) is 0 Å². The van der Waals surface area contributed by atoms with Crippen LogP contribution in [0, 0.1) is 62.0 Å². The minimum atomic E-state index is -4.64. The Kier molecular flexibility index (Phi) is 11.5. The van der Waals surface area contributed by atoms with Gasteiger partial charge in [-0.25, -0.2) is 4.85 Å². The van der Waals surface area contributed by atoms with E-state index in [9.17, 15) is 0 Å². The Labute approximate surface area is 441 Å². The molecule has 0 aliphatic heterocycles. The van der Waals surface area contributed by atoms with Gasteiger partial charge in [0.25, 0.3) is 0 Å². The van der Waals surface area contributed by atoms with E-state index in [4.69, 9.17) is 6.57 Å². The van der Waals surface area contributed by atoms with Crippen molar-refractivity contribution in [3.05, 3.63) is 243 Å². The molecule has 0 saturated carbocycles. The summed E-state index contributed by atoms with van der Waals surface area (Å²) >= 11 is 0. The van der Waals surface area contributed by atoms with Gasteiger partial charge >= 0.3 is 6.18 Å². The van der Waals surface area contributed by atoms with E-state index in [0.717, 1.165) is 110 Å². The van der Waals surface area contributed by atoms with E-state index >= 15 is 13.2 Å². The van der Waals surface area contributed by atoms with Crippen molar-refractivity contribution in [1.82, 2.24) is 9.13 Å². The lowest BCUT2D eigenvalue weighted by atomic mass is 9.97. The maximum absolute atomic E-state index is 15.3. The van der Waals surface area contributed by atoms with Gasteiger partial charge in [-0.05, 0) is 173 Å². The first-order chi connectivity index (χ1) is 36.5. The maximum Gasteiger partial charge on any atom is 0.416 e. The van der Waals surface area contributed by atoms with E-state index in [-0.39, 0.29) is 0 Å². The number of rotatable bonds is 7. The highest BCUT2D eigenvalue weighted by atomic mass is 19.4. The zero-order valence-corrected chi connectivity index (χ0v) is 43.8. The number of aromatic nitrogens is 2. The Morgan fingerprint density at radius 3 is 0.961 bits per heavy atom. The normalized spacial score (nSPS) is 11.9. The van der Waals surface area contributed by atoms with Crippen LogP contribution in [0.5, 0.6) is 0 Å². The molecule has 0 spiro atoms. The second kappa shape index (κ2) is 18.2. The van der Waals surface area contributed by atoms with Crippen LogP contribution in [0.25, 0.3) is 115 Å². The van der Waals surface area contributed by atoms with Crippen LogP contribution in [-0.4, -0.2) is 9.13 Å². The summed E-state index contributed by atoms with van der Waals surface area (Å²) in [6.07, 6.45) is -4.64. The maximum atomic E-state index is 15.3. The summed E-state index contributed by atoms with van der Waals surface area (Å²) in [4.78, 5) is 3.93. The van der Waals surface area contributed by atoms with Gasteiger partial charge in [-0.15, -0.1) is 0 Å². The van der Waals surface area contributed by atoms with E-state index in [1.54, 1.807) is 12.1 Å². The average molecular weight is 994 g/mol. The average Bonchev–Trinajstić information content (AvgIpc) is 3.93. The van der Waals surface area contributed by atoms with Crippen molar-refractivity contribution in [3.63, 3.8) is 0 Å². The lowest BCUT2D eigenvalue weighted by Crippen LogP contribution is -2.08. The standard InChI is InChI=1S/C70H54F3N3/c1-40-22-41(2)27-52(26-40)48-10-17-64-59(34-48)60-35-49(53-28-42(3)23-43(4)29-53)11-18-65(60)75(64)68-21-14-56(70(71,72)73)38-63(68)58-16-15-57(74-9)39-69(58)76-66-19-12-50(54-30-44(5)24-45(6)31-54)36-61(66)62-37-51(13-20-67(62)76)55-32-46(7)25-47(8)33-55/h10-39H,1-8H3. The molecule has 2 heterocycles. The molecule has 3 nitrogen and oxygen atoms in total. The molecule has 0 saturated heterocycles. The number of aryl methyl sites for hydroxylation is 8. The molecule has 0 fully saturated rings. The number of hydrogen-bond acceptors (Lipinski definition) is 0. The van der Waals surface area contributed by atoms with E-state index < -0.39 is 11.7 Å². The Balaban J connectivity index is 1.16. The van der Waals surface area contributed by atoms with Crippen LogP contribution in [0.15, 0.2) is 182 Å². The first kappa shape index (κ1) is 48.0. The largest absolute Gasteiger partial charge is 0.416 e. The van der Waals surface area contributed by atoms with Crippen molar-refractivity contribution in [2.24, 2.45) is 0 Å². The second-order valence-corrected chi connectivity index (χ2v) is 21.1. The van der Waals surface area contributed by atoms with Gasteiger partial charge in [0, 0.05) is 38.4 Å². The fraction of sp³-hybridized carbons (Fsp3) is 0.129. The lowest BCUT2D eigenvalue weighted by Gasteiger charge is -2.21. The Hall–Kier alpha value is -8.92. The molecule has 0 bridgehead atoms. The van der Waals surface area contributed by atoms with Crippen LogP contribution in [0.4, 0.5) is 18.9 Å². The Morgan fingerprint density at radius 2 is 0.645 bits per heavy atom. The van der Waals surface area contributed by atoms with Crippen molar-refractivity contribution >= 4 is 49.3 Å². The predicted molar refractivity (Wildman–Crippen MR) is 311 cm³/mol. The van der Waals surface area contributed by atoms with Gasteiger partial charge in [0.1, 0.15) is 0 Å². The monoisotopic (exact) mass is 993 g/mol. The summed E-state index contributed by atoms with van der Waals surface area (Å²) in [5, 5.41) is 3.94. The fourth-order valence-corrected chi connectivity index (χ4v) is 12.0. The summed E-state index contributed by atoms with van der Waals surface area (Å²) in [7, 11) is 0. The van der Waals surface area contributed by atoms with Crippen molar-refractivity contribution < 1.29 is 13.2 Å². The first-order valence-corrected chi connectivity index (χ1v) is 25.7. The van der Waals surface area contributed by atoms with E-state index in [2.05, 4.69) is 215 Å². The molecule has 10 aromatic carbocycles. The summed E-state index contributed by atoms with van der Waals surface area (Å²) in [6.45, 7) is 25.2. The third kappa shape index (κ3) is 8.52. The summed E-state index contributed by atoms with van der Waals surface area (Å²) in [5.41, 5.74) is 23.1. The van der Waals surface area contributed by atoms with E-state index in [0.29, 0.717) is 28.2 Å². The molecule has 0 aliphatic carbocycles. The van der Waals surface area contributed by atoms with Crippen molar-refractivity contribution in [1.29, 1.82) is 0 Å². The lowest BCUT2D eigenvalue weighted by molar-refractivity contribution is -0.137. The van der Waals surface area contributed by atoms with Gasteiger partial charge in [0.15, 0.2) is 5.69 Å². The van der Waals surface area contributed by atoms with Gasteiger partial charge in [-0.2, -0.15) is 13.2 Å². The highest BCUT2D eigenvalue weighted by Crippen LogP contribution is 2.46. The zero-order chi connectivity index (χ0) is 52.9. The topological polar surface area (TPSA) is 14.2 Å². The summed E-state index contributed by atoms with van der Waals surface area (Å²) in [6, 6.07) is 61.6. The minimum Gasteiger partial charge on any atom is -0.310 e. The van der Waals surface area contributed by atoms with Crippen molar-refractivity contribution in [2.75, 3.05) is 0 Å². The zero-order valence-electron chi connectivity index (χ0n) is 43.8. The molecule has 0 amide bonds. The molecular weight excluding hydrogens is 940 g/mol. The Morgan fingerprint density at radius 1 is 0.316 bits per heavy atom. The molecule has 12 aromatic rings. The van der Waals surface area contributed by atoms with Gasteiger partial charge in [0.05, 0.1) is 39.9 Å². The number of benzene rings is 10. The minimum absolute atomic E-state index is 0.371. The van der Waals surface area contributed by atoms with Crippen LogP contribution in [0.1, 0.15) is 50.1 Å². The molecule has 0 atom stereocenters. The molecule has 0 radical (unpaired) electrons. The van der Waals surface area contributed by atoms with Gasteiger partial charge in [0.2, 0.25) is 0 Å². The summed E-state index contributed by atoms with van der Waals surface area (Å²) in [5.74, 6) is 0. The second-order valence-electron chi connectivity index (χ2n) is 21.1. The van der Waals surface area contributed by atoms with Crippen LogP contribution < -0.4 is 0 Å². The SMILES string of the molecule is [C-]#[N+]c1ccc(-c2cc(C(F)(F)F)ccc2-n2c3ccc(-c4cc(C)cc(C)c4)cc3c3cc(-c4cc(C)cc(C)c4)ccc32)c(-n2c3ccc(-c4cc(C)cc(C)c4)cc3c3cc(-c4cc(C)cc(C)c4)ccc32)c1. The van der Waals surface area contributed by atoms with Crippen molar-refractivity contribution in [3.8, 4) is 67.0 Å². The van der Waals surface area contributed by atoms with Crippen molar-refractivity contribution in [2.45, 2.75) is 61.6 Å². The Bertz CT molecular complexity index is 4140. The van der Waals surface area contributed by atoms with E-state index in [1.807, 2.05) is 12.1 Å². The molecule has 76 heavy (non-hydrogen) atoms. The fourth-order valence-electron chi connectivity index (χ4n) is 12.0. The first-order valence-electron chi connectivity index (χ1n) is 25.7. The quantitative estimate of drug-likeness (QED) is 0.141. The number of fused-ring (bicyclic) bond motifs is 6. The molecule has 0 N–H and O–H groups in total. The molecule has 0 unspecified atom stereocenters. The molecular formula is C70H54F3N3. The molecule has 2 aromatic heterocycles. The smallest absolute Gasteiger partial charge is 0.310 e. The van der Waals surface area contributed by atoms with Gasteiger partial charge in [-0.3, -0.25) is 0 Å². The van der Waals surface area contributed by atoms with Crippen LogP contribution in [-0.2, 0) is 6.18 Å². The van der Waals surface area contributed by atoms with Gasteiger partial charge < -0.3 is 9.13 Å². The van der Waals surface area contributed by atoms with Gasteiger partial charge in [-0.1, -0.05) is 154 Å². The number of nitrogens with zero attached hydrogens (tertiary/aromatic N) is 3. The molecule has 12 rings (SSSR count). The highest BCUT2D eigenvalue weighted by Gasteiger charge is 2.32. The third-order valence-corrected chi connectivity index (χ3v) is 15.0. The highest BCUT2D eigenvalue weighted by molar-refractivity contribution is 6.14.